The summed E-state index contributed by atoms with van der Waals surface area (Å²) in [6.45, 7) is 1.71. The highest BCUT2D eigenvalue weighted by Crippen LogP contribution is 2.34. The number of benzene rings is 3. The summed E-state index contributed by atoms with van der Waals surface area (Å²) in [6, 6.07) is 11.1. The van der Waals surface area contributed by atoms with Crippen molar-refractivity contribution in [3.05, 3.63) is 59.2 Å². The number of carboxylic acid groups (broad SMARTS) is 2. The van der Waals surface area contributed by atoms with E-state index < -0.39 is 11.9 Å². The van der Waals surface area contributed by atoms with E-state index in [0.717, 1.165) is 0 Å². The quantitative estimate of drug-likeness (QED) is 0.440. The molecule has 0 fully saturated rings. The fraction of sp³-hybridized carbons (Fsp3) is 0.0500. The Kier molecular flexibility index (Phi) is 3.59. The number of nitrogens with zero attached hydrogens (tertiary/aromatic N) is 1. The van der Waals surface area contributed by atoms with Gasteiger partial charge in [0.05, 0.1) is 22.0 Å². The maximum Gasteiger partial charge on any atom is 0.335 e. The minimum Gasteiger partial charge on any atom is -0.507 e. The third kappa shape index (κ3) is 2.65. The highest BCUT2D eigenvalue weighted by Gasteiger charge is 2.15. The highest BCUT2D eigenvalue weighted by molar-refractivity contribution is 6.10. The van der Waals surface area contributed by atoms with E-state index in [1.807, 2.05) is 0 Å². The summed E-state index contributed by atoms with van der Waals surface area (Å²) in [7, 11) is 0. The van der Waals surface area contributed by atoms with Crippen molar-refractivity contribution in [1.82, 2.24) is 9.97 Å². The summed E-state index contributed by atoms with van der Waals surface area (Å²) in [5.74, 6) is -1.75. The summed E-state index contributed by atoms with van der Waals surface area (Å²) in [4.78, 5) is 30.1. The largest absolute Gasteiger partial charge is 0.507 e. The zero-order valence-corrected chi connectivity index (χ0v) is 14.1. The number of carboxylic acids is 2. The third-order valence-electron chi connectivity index (χ3n) is 4.52. The first-order valence-corrected chi connectivity index (χ1v) is 8.08. The molecule has 0 aliphatic heterocycles. The van der Waals surface area contributed by atoms with Gasteiger partial charge in [-0.2, -0.15) is 0 Å². The predicted octanol–water partition coefficient (Wildman–Crippen LogP) is 3.79. The number of hydrogen-bond donors (Lipinski definition) is 4. The van der Waals surface area contributed by atoms with Gasteiger partial charge in [-0.3, -0.25) is 0 Å². The molecule has 134 valence electrons. The lowest BCUT2D eigenvalue weighted by Gasteiger charge is -2.04. The lowest BCUT2D eigenvalue weighted by Crippen LogP contribution is -1.99. The molecule has 0 atom stereocenters. The van der Waals surface area contributed by atoms with E-state index in [0.29, 0.717) is 38.8 Å². The highest BCUT2D eigenvalue weighted by atomic mass is 16.4. The fourth-order valence-corrected chi connectivity index (χ4v) is 3.22. The van der Waals surface area contributed by atoms with Crippen LogP contribution in [0.4, 0.5) is 0 Å². The second-order valence-electron chi connectivity index (χ2n) is 6.28. The number of fused-ring (bicyclic) bond motifs is 3. The van der Waals surface area contributed by atoms with Gasteiger partial charge in [0.2, 0.25) is 0 Å². The normalized spacial score (nSPS) is 11.1. The molecule has 0 amide bonds. The molecule has 0 aliphatic rings. The molecule has 0 unspecified atom stereocenters. The van der Waals surface area contributed by atoms with Crippen LogP contribution in [0, 0.1) is 6.92 Å². The molecule has 0 bridgehead atoms. The second kappa shape index (κ2) is 5.84. The number of aryl methyl sites for hydroxylation is 1. The van der Waals surface area contributed by atoms with E-state index in [-0.39, 0.29) is 16.9 Å². The van der Waals surface area contributed by atoms with Gasteiger partial charge in [-0.05, 0) is 48.2 Å². The summed E-state index contributed by atoms with van der Waals surface area (Å²) < 4.78 is 0. The van der Waals surface area contributed by atoms with E-state index in [2.05, 4.69) is 9.97 Å². The fourth-order valence-electron chi connectivity index (χ4n) is 3.22. The Morgan fingerprint density at radius 2 is 1.78 bits per heavy atom. The van der Waals surface area contributed by atoms with Gasteiger partial charge in [0.1, 0.15) is 17.1 Å². The van der Waals surface area contributed by atoms with Crippen LogP contribution < -0.4 is 0 Å². The maximum absolute atomic E-state index is 11.2. The van der Waals surface area contributed by atoms with Crippen LogP contribution >= 0.6 is 0 Å². The van der Waals surface area contributed by atoms with Crippen molar-refractivity contribution >= 4 is 33.7 Å². The van der Waals surface area contributed by atoms with E-state index in [4.69, 9.17) is 10.2 Å². The lowest BCUT2D eigenvalue weighted by molar-refractivity contribution is 0.0685. The van der Waals surface area contributed by atoms with E-state index in [1.54, 1.807) is 31.2 Å². The minimum absolute atomic E-state index is 0.00464. The van der Waals surface area contributed by atoms with Crippen LogP contribution in [0.2, 0.25) is 0 Å². The van der Waals surface area contributed by atoms with Gasteiger partial charge in [-0.25, -0.2) is 14.6 Å². The van der Waals surface area contributed by atoms with Crippen LogP contribution in [0.5, 0.6) is 5.75 Å². The molecule has 1 heterocycles. The molecular formula is C20H14N2O5. The first kappa shape index (κ1) is 16.6. The molecule has 0 saturated carbocycles. The Hall–Kier alpha value is -3.87. The molecular weight excluding hydrogens is 348 g/mol. The number of aromatic nitrogens is 2. The van der Waals surface area contributed by atoms with Crippen molar-refractivity contribution < 1.29 is 24.9 Å². The van der Waals surface area contributed by atoms with Gasteiger partial charge in [0.25, 0.3) is 0 Å². The SMILES string of the molecule is Cc1cc(-c2nc3c(ccc4cc(C(=O)O)cc(O)c43)[nH]2)ccc1C(=O)O. The van der Waals surface area contributed by atoms with Crippen LogP contribution in [0.1, 0.15) is 26.3 Å². The molecule has 4 N–H and O–H groups in total. The van der Waals surface area contributed by atoms with Gasteiger partial charge in [-0.15, -0.1) is 0 Å². The monoisotopic (exact) mass is 362 g/mol. The van der Waals surface area contributed by atoms with Gasteiger partial charge >= 0.3 is 11.9 Å². The first-order valence-electron chi connectivity index (χ1n) is 8.08. The van der Waals surface area contributed by atoms with Gasteiger partial charge in [0, 0.05) is 5.56 Å². The van der Waals surface area contributed by atoms with Gasteiger partial charge in [0.15, 0.2) is 0 Å². The van der Waals surface area contributed by atoms with E-state index >= 15 is 0 Å². The number of phenols is 1. The number of rotatable bonds is 3. The number of carbonyl (C=O) groups is 2. The lowest BCUT2D eigenvalue weighted by atomic mass is 10.0. The Morgan fingerprint density at radius 1 is 1.00 bits per heavy atom. The van der Waals surface area contributed by atoms with Crippen LogP contribution in [-0.2, 0) is 0 Å². The van der Waals surface area contributed by atoms with Crippen LogP contribution in [0.15, 0.2) is 42.5 Å². The number of aromatic amines is 1. The smallest absolute Gasteiger partial charge is 0.335 e. The summed E-state index contributed by atoms with van der Waals surface area (Å²) >= 11 is 0. The van der Waals surface area contributed by atoms with Crippen molar-refractivity contribution in [2.24, 2.45) is 0 Å². The summed E-state index contributed by atoms with van der Waals surface area (Å²) in [5.41, 5.74) is 2.73. The number of aromatic carboxylic acids is 2. The van der Waals surface area contributed by atoms with Crippen molar-refractivity contribution in [3.8, 4) is 17.1 Å². The number of imidazole rings is 1. The molecule has 0 spiro atoms. The average Bonchev–Trinajstić information content (AvgIpc) is 3.05. The predicted molar refractivity (Wildman–Crippen MR) is 99.4 cm³/mol. The molecule has 1 aromatic heterocycles. The molecule has 0 saturated heterocycles. The van der Waals surface area contributed by atoms with Crippen LogP contribution in [-0.4, -0.2) is 37.2 Å². The van der Waals surface area contributed by atoms with E-state index in [1.165, 1.54) is 18.2 Å². The van der Waals surface area contributed by atoms with Crippen molar-refractivity contribution in [2.45, 2.75) is 6.92 Å². The second-order valence-corrected chi connectivity index (χ2v) is 6.28. The topological polar surface area (TPSA) is 124 Å². The number of aromatic hydroxyl groups is 1. The Morgan fingerprint density at radius 3 is 2.44 bits per heavy atom. The Labute approximate surface area is 152 Å². The maximum atomic E-state index is 11.2. The number of nitrogens with one attached hydrogen (secondary N) is 1. The molecule has 3 aromatic carbocycles. The summed E-state index contributed by atoms with van der Waals surface area (Å²) in [6.07, 6.45) is 0. The summed E-state index contributed by atoms with van der Waals surface area (Å²) in [5, 5.41) is 29.7. The molecule has 4 rings (SSSR count). The van der Waals surface area contributed by atoms with Crippen molar-refractivity contribution in [3.63, 3.8) is 0 Å². The van der Waals surface area contributed by atoms with Gasteiger partial charge in [-0.1, -0.05) is 12.1 Å². The first-order chi connectivity index (χ1) is 12.8. The number of hydrogen-bond acceptors (Lipinski definition) is 4. The van der Waals surface area contributed by atoms with Crippen molar-refractivity contribution in [1.29, 1.82) is 0 Å². The zero-order chi connectivity index (χ0) is 19.3. The van der Waals surface area contributed by atoms with E-state index in [9.17, 15) is 14.7 Å². The molecule has 7 heteroatoms. The van der Waals surface area contributed by atoms with Crippen molar-refractivity contribution in [2.75, 3.05) is 0 Å². The third-order valence-corrected chi connectivity index (χ3v) is 4.52. The minimum atomic E-state index is -1.12. The Balaban J connectivity index is 1.92. The zero-order valence-electron chi connectivity index (χ0n) is 14.1. The molecule has 7 nitrogen and oxygen atoms in total. The average molecular weight is 362 g/mol. The van der Waals surface area contributed by atoms with Crippen LogP contribution in [0.3, 0.4) is 0 Å². The van der Waals surface area contributed by atoms with Gasteiger partial charge < -0.3 is 20.3 Å². The molecule has 4 aromatic rings. The molecule has 27 heavy (non-hydrogen) atoms. The molecule has 0 aliphatic carbocycles. The van der Waals surface area contributed by atoms with Crippen LogP contribution in [0.25, 0.3) is 33.2 Å². The molecule has 0 radical (unpaired) electrons. The number of H-pyrrole nitrogens is 1. The number of phenolic OH excluding ortho intramolecular Hbond substituents is 1. The standard InChI is InChI=1S/C20H14N2O5/c1-9-6-11(2-4-13(9)20(26)27)18-21-14-5-3-10-7-12(19(24)25)8-15(23)16(10)17(14)22-18/h2-8,23H,1H3,(H,21,22)(H,24,25)(H,26,27). The Bertz CT molecular complexity index is 1260.